The Balaban J connectivity index is -0.000000529. The molecule has 0 aliphatic rings. The first-order chi connectivity index (χ1) is 7.20. The molecule has 93 valence electrons. The summed E-state index contributed by atoms with van der Waals surface area (Å²) < 4.78 is 0. The van der Waals surface area contributed by atoms with Gasteiger partial charge in [0.05, 0.1) is 0 Å². The third-order valence-corrected chi connectivity index (χ3v) is 2.39. The monoisotopic (exact) mass is 276 g/mol. The molecule has 0 saturated carbocycles. The molecule has 0 aromatic rings. The first-order valence-electron chi connectivity index (χ1n) is 6.29. The van der Waals surface area contributed by atoms with E-state index in [9.17, 15) is 5.11 Å². The van der Waals surface area contributed by atoms with Gasteiger partial charge in [0.1, 0.15) is 0 Å². The maximum atomic E-state index is 11.3. The molecule has 0 saturated heterocycles. The van der Waals surface area contributed by atoms with Gasteiger partial charge < -0.3 is 5.11 Å². The van der Waals surface area contributed by atoms with E-state index < -0.39 is 0 Å². The van der Waals surface area contributed by atoms with Crippen molar-refractivity contribution in [2.75, 3.05) is 0 Å². The van der Waals surface area contributed by atoms with Gasteiger partial charge in [0, 0.05) is 19.5 Å². The summed E-state index contributed by atoms with van der Waals surface area (Å²) in [7, 11) is 0. The van der Waals surface area contributed by atoms with Gasteiger partial charge in [0.15, 0.2) is 0 Å². The minimum absolute atomic E-state index is 0. The molecule has 0 aliphatic heterocycles. The molecule has 0 amide bonds. The van der Waals surface area contributed by atoms with Gasteiger partial charge in [-0.25, -0.2) is 0 Å². The second-order valence-corrected chi connectivity index (χ2v) is 3.83. The molecule has 0 fully saturated rings. The third-order valence-electron chi connectivity index (χ3n) is 2.39. The molecule has 0 N–H and O–H groups in total. The van der Waals surface area contributed by atoms with Crippen molar-refractivity contribution in [3.8, 4) is 0 Å². The topological polar surface area (TPSA) is 23.1 Å². The van der Waals surface area contributed by atoms with Crippen molar-refractivity contribution in [1.29, 1.82) is 0 Å². The average Bonchev–Trinajstić information content (AvgIpc) is 2.27. The normalized spacial score (nSPS) is 12.2. The first-order valence-corrected chi connectivity index (χ1v) is 6.29. The van der Waals surface area contributed by atoms with Crippen LogP contribution < -0.4 is 5.11 Å². The Bertz CT molecular complexity index is 144. The molecule has 16 heavy (non-hydrogen) atoms. The molecule has 0 aromatic carbocycles. The Morgan fingerprint density at radius 2 is 1.75 bits per heavy atom. The van der Waals surface area contributed by atoms with Crippen LogP contribution in [-0.4, -0.2) is 0 Å². The van der Waals surface area contributed by atoms with E-state index in [0.717, 1.165) is 19.3 Å². The molecule has 0 aliphatic carbocycles. The second kappa shape index (κ2) is 17.6. The van der Waals surface area contributed by atoms with E-state index in [-0.39, 0.29) is 19.5 Å². The van der Waals surface area contributed by atoms with Gasteiger partial charge in [-0.3, -0.25) is 0 Å². The predicted octanol–water partition coefficient (Wildman–Crippen LogP) is 4.08. The van der Waals surface area contributed by atoms with E-state index in [1.165, 1.54) is 19.3 Å². The molecule has 1 radical (unpaired) electrons. The van der Waals surface area contributed by atoms with Crippen molar-refractivity contribution in [1.82, 2.24) is 0 Å². The Kier molecular flexibility index (Phi) is 23.5. The fourth-order valence-electron chi connectivity index (χ4n) is 1.24. The van der Waals surface area contributed by atoms with Gasteiger partial charge in [0.2, 0.25) is 0 Å². The van der Waals surface area contributed by atoms with E-state index in [0.29, 0.717) is 11.7 Å². The van der Waals surface area contributed by atoms with Crippen LogP contribution in [0.3, 0.4) is 0 Å². The van der Waals surface area contributed by atoms with Crippen LogP contribution in [0.5, 0.6) is 0 Å². The Labute approximate surface area is 115 Å². The molecular formula is C14H28OZn-. The summed E-state index contributed by atoms with van der Waals surface area (Å²) in [6, 6.07) is 0. The maximum absolute atomic E-state index is 11.3. The zero-order valence-electron chi connectivity index (χ0n) is 11.7. The van der Waals surface area contributed by atoms with Gasteiger partial charge in [-0.1, -0.05) is 72.8 Å². The summed E-state index contributed by atoms with van der Waals surface area (Å²) in [5.41, 5.74) is 0. The van der Waals surface area contributed by atoms with E-state index >= 15 is 0 Å². The van der Waals surface area contributed by atoms with Gasteiger partial charge in [-0.05, 0) is 12.3 Å². The fraction of sp³-hybridized carbons (Fsp3) is 0.786. The summed E-state index contributed by atoms with van der Waals surface area (Å²) in [5, 5.41) is 11.3. The van der Waals surface area contributed by atoms with Crippen LogP contribution in [0.2, 0.25) is 0 Å². The van der Waals surface area contributed by atoms with Gasteiger partial charge in [-0.15, -0.1) is 5.76 Å². The van der Waals surface area contributed by atoms with Crippen molar-refractivity contribution in [2.24, 2.45) is 5.92 Å². The van der Waals surface area contributed by atoms with Crippen LogP contribution in [0.4, 0.5) is 0 Å². The van der Waals surface area contributed by atoms with E-state index in [2.05, 4.69) is 27.7 Å². The maximum Gasteiger partial charge on any atom is 0 e. The molecule has 1 nitrogen and oxygen atoms in total. The van der Waals surface area contributed by atoms with Gasteiger partial charge in [-0.2, -0.15) is 0 Å². The average molecular weight is 278 g/mol. The molecule has 0 rings (SSSR count). The smallest absolute Gasteiger partial charge is 0 e. The molecule has 0 spiro atoms. The molecule has 1 unspecified atom stereocenters. The van der Waals surface area contributed by atoms with Crippen LogP contribution >= 0.6 is 0 Å². The van der Waals surface area contributed by atoms with Gasteiger partial charge in [0.25, 0.3) is 0 Å². The van der Waals surface area contributed by atoms with Crippen LogP contribution in [0, 0.1) is 12.8 Å². The summed E-state index contributed by atoms with van der Waals surface area (Å²) in [4.78, 5) is 0. The summed E-state index contributed by atoms with van der Waals surface area (Å²) in [5.74, 6) is 0.795. The van der Waals surface area contributed by atoms with Crippen molar-refractivity contribution >= 4 is 0 Å². The Hall–Kier alpha value is 0.163. The summed E-state index contributed by atoms with van der Waals surface area (Å²) in [6.45, 7) is 11.4. The van der Waals surface area contributed by atoms with Crippen LogP contribution in [-0.2, 0) is 19.5 Å². The second-order valence-electron chi connectivity index (χ2n) is 3.83. The number of rotatable bonds is 7. The van der Waals surface area contributed by atoms with Gasteiger partial charge >= 0.3 is 0 Å². The molecule has 0 aromatic heterocycles. The standard InChI is InChI=1S/C12H24O.C2H5.Zn/c1-4-6-7-8-9-12(13)10-11(3)5-2;1-2;/h10-11,13H,4-9H2,1-3H3;1H2,2H3;/p-1/b12-10+;;. The van der Waals surface area contributed by atoms with Crippen molar-refractivity contribution in [2.45, 2.75) is 66.2 Å². The quantitative estimate of drug-likeness (QED) is 0.391. The van der Waals surface area contributed by atoms with E-state index in [4.69, 9.17) is 0 Å². The SMILES string of the molecule is CCCCCC/C([O-])=C\C(C)CC.[CH2]C.[Zn]. The number of unbranched alkanes of at least 4 members (excludes halogenated alkanes) is 3. The molecule has 1 atom stereocenters. The minimum atomic E-state index is 0. The molecule has 2 heteroatoms. The number of hydrogen-bond acceptors (Lipinski definition) is 1. The largest absolute Gasteiger partial charge is 0.876 e. The van der Waals surface area contributed by atoms with E-state index in [1.807, 2.05) is 6.08 Å². The van der Waals surface area contributed by atoms with Crippen LogP contribution in [0.1, 0.15) is 66.2 Å². The zero-order chi connectivity index (χ0) is 12.1. The Morgan fingerprint density at radius 3 is 2.19 bits per heavy atom. The third kappa shape index (κ3) is 16.6. The molecule has 0 bridgehead atoms. The zero-order valence-corrected chi connectivity index (χ0v) is 14.7. The number of allylic oxidation sites excluding steroid dienone is 2. The fourth-order valence-corrected chi connectivity index (χ4v) is 1.24. The van der Waals surface area contributed by atoms with E-state index in [1.54, 1.807) is 6.92 Å². The number of hydrogen-bond donors (Lipinski definition) is 0. The van der Waals surface area contributed by atoms with Crippen molar-refractivity contribution < 1.29 is 24.6 Å². The minimum Gasteiger partial charge on any atom is -0.876 e. The first kappa shape index (κ1) is 21.4. The van der Waals surface area contributed by atoms with Crippen LogP contribution in [0.25, 0.3) is 0 Å². The summed E-state index contributed by atoms with van der Waals surface area (Å²) >= 11 is 0. The molecular weight excluding hydrogens is 250 g/mol. The van der Waals surface area contributed by atoms with Crippen molar-refractivity contribution in [3.05, 3.63) is 18.8 Å². The summed E-state index contributed by atoms with van der Waals surface area (Å²) in [6.07, 6.45) is 8.48. The van der Waals surface area contributed by atoms with Crippen LogP contribution in [0.15, 0.2) is 11.8 Å². The Morgan fingerprint density at radius 1 is 1.19 bits per heavy atom. The predicted molar refractivity (Wildman–Crippen MR) is 67.3 cm³/mol. The molecule has 0 heterocycles. The van der Waals surface area contributed by atoms with Crippen molar-refractivity contribution in [3.63, 3.8) is 0 Å².